The lowest BCUT2D eigenvalue weighted by molar-refractivity contribution is -0.123. The lowest BCUT2D eigenvalue weighted by Crippen LogP contribution is -2.45. The number of hydrogen-bond acceptors (Lipinski definition) is 3. The van der Waals surface area contributed by atoms with Gasteiger partial charge in [0.1, 0.15) is 0 Å². The molecule has 0 heterocycles. The van der Waals surface area contributed by atoms with Gasteiger partial charge in [0, 0.05) is 6.42 Å². The highest BCUT2D eigenvalue weighted by molar-refractivity contribution is 5.76. The predicted molar refractivity (Wildman–Crippen MR) is 326 cm³/mol. The van der Waals surface area contributed by atoms with Gasteiger partial charge in [0.25, 0.3) is 0 Å². The molecule has 73 heavy (non-hydrogen) atoms. The first-order chi connectivity index (χ1) is 36.2. The number of nitrogens with one attached hydrogen (secondary N) is 1. The number of hydrogen-bond donors (Lipinski definition) is 3. The summed E-state index contributed by atoms with van der Waals surface area (Å²) in [5, 5.41) is 23.2. The monoisotopic (exact) mass is 1010 g/mol. The van der Waals surface area contributed by atoms with Crippen molar-refractivity contribution in [3.63, 3.8) is 0 Å². The van der Waals surface area contributed by atoms with Crippen LogP contribution in [0.2, 0.25) is 0 Å². The minimum absolute atomic E-state index is 0.0965. The van der Waals surface area contributed by atoms with Crippen molar-refractivity contribution >= 4 is 5.91 Å². The maximum atomic E-state index is 12.5. The van der Waals surface area contributed by atoms with E-state index in [1.54, 1.807) is 6.08 Å². The van der Waals surface area contributed by atoms with Gasteiger partial charge in [0.05, 0.1) is 18.8 Å². The SMILES string of the molecule is CC/C=C\C/C=C\C/C=C\C/C=C\C/C=C\C/C=C\C/C=C\C/C=C\CCCCCCCCC(=O)NC(CO)C(O)/C=C/CC/C=C/CC/C=C/CCCCCCCCCCCCCCCCCCCCCC. The molecule has 0 radical (unpaired) electrons. The van der Waals surface area contributed by atoms with E-state index in [0.717, 1.165) is 103 Å². The molecule has 0 saturated carbocycles. The Morgan fingerprint density at radius 2 is 0.616 bits per heavy atom. The van der Waals surface area contributed by atoms with E-state index in [1.807, 2.05) is 6.08 Å². The summed E-state index contributed by atoms with van der Waals surface area (Å²) < 4.78 is 0. The summed E-state index contributed by atoms with van der Waals surface area (Å²) in [6.45, 7) is 4.18. The summed E-state index contributed by atoms with van der Waals surface area (Å²) >= 11 is 0. The molecule has 0 aliphatic carbocycles. The van der Waals surface area contributed by atoms with E-state index in [2.05, 4.69) is 141 Å². The van der Waals surface area contributed by atoms with Gasteiger partial charge < -0.3 is 15.5 Å². The molecule has 0 aromatic heterocycles. The molecule has 0 fully saturated rings. The number of aliphatic hydroxyl groups is 2. The number of carbonyl (C=O) groups excluding carboxylic acids is 1. The molecule has 4 heteroatoms. The Morgan fingerprint density at radius 1 is 0.342 bits per heavy atom. The highest BCUT2D eigenvalue weighted by Gasteiger charge is 2.18. The van der Waals surface area contributed by atoms with Crippen molar-refractivity contribution in [1.82, 2.24) is 5.32 Å². The van der Waals surface area contributed by atoms with Crippen molar-refractivity contribution in [2.45, 2.75) is 289 Å². The van der Waals surface area contributed by atoms with Crippen molar-refractivity contribution in [2.75, 3.05) is 6.61 Å². The molecule has 0 rings (SSSR count). The van der Waals surface area contributed by atoms with E-state index in [1.165, 1.54) is 154 Å². The van der Waals surface area contributed by atoms with Gasteiger partial charge in [-0.2, -0.15) is 0 Å². The summed E-state index contributed by atoms with van der Waals surface area (Å²) in [5.41, 5.74) is 0. The molecule has 0 bridgehead atoms. The van der Waals surface area contributed by atoms with Crippen LogP contribution >= 0.6 is 0 Å². The second kappa shape index (κ2) is 62.8. The third-order valence-electron chi connectivity index (χ3n) is 13.3. The normalized spacial score (nSPS) is 13.8. The molecule has 0 aliphatic rings. The van der Waals surface area contributed by atoms with Crippen LogP contribution in [0, 0.1) is 0 Å². The number of amides is 1. The predicted octanol–water partition coefficient (Wildman–Crippen LogP) is 21.0. The Kier molecular flexibility index (Phi) is 59.8. The lowest BCUT2D eigenvalue weighted by Gasteiger charge is -2.19. The molecular weight excluding hydrogens is 891 g/mol. The maximum absolute atomic E-state index is 12.5. The molecule has 1 amide bonds. The maximum Gasteiger partial charge on any atom is 0.220 e. The molecule has 416 valence electrons. The van der Waals surface area contributed by atoms with Gasteiger partial charge in [-0.25, -0.2) is 0 Å². The zero-order chi connectivity index (χ0) is 52.7. The van der Waals surface area contributed by atoms with Crippen LogP contribution in [0.5, 0.6) is 0 Å². The fourth-order valence-electron chi connectivity index (χ4n) is 8.70. The summed E-state index contributed by atoms with van der Waals surface area (Å²) in [7, 11) is 0. The second-order valence-electron chi connectivity index (χ2n) is 20.4. The zero-order valence-electron chi connectivity index (χ0n) is 47.9. The van der Waals surface area contributed by atoms with Crippen LogP contribution in [-0.4, -0.2) is 34.9 Å². The number of rotatable bonds is 55. The van der Waals surface area contributed by atoms with Gasteiger partial charge in [-0.05, 0) is 109 Å². The first-order valence-corrected chi connectivity index (χ1v) is 30.9. The first-order valence-electron chi connectivity index (χ1n) is 30.9. The molecule has 0 aliphatic heterocycles. The van der Waals surface area contributed by atoms with Crippen LogP contribution in [0.1, 0.15) is 277 Å². The van der Waals surface area contributed by atoms with Gasteiger partial charge in [-0.3, -0.25) is 4.79 Å². The largest absolute Gasteiger partial charge is 0.394 e. The highest BCUT2D eigenvalue weighted by atomic mass is 16.3. The third kappa shape index (κ3) is 59.3. The zero-order valence-corrected chi connectivity index (χ0v) is 47.9. The van der Waals surface area contributed by atoms with Gasteiger partial charge in [-0.1, -0.05) is 295 Å². The molecule has 0 aromatic rings. The van der Waals surface area contributed by atoms with Crippen LogP contribution < -0.4 is 5.32 Å². The minimum atomic E-state index is -0.889. The van der Waals surface area contributed by atoms with Crippen molar-refractivity contribution in [1.29, 1.82) is 0 Å². The fourth-order valence-corrected chi connectivity index (χ4v) is 8.70. The summed E-state index contributed by atoms with van der Waals surface area (Å²) in [6, 6.07) is -0.666. The average molecular weight is 1010 g/mol. The topological polar surface area (TPSA) is 69.6 Å². The third-order valence-corrected chi connectivity index (χ3v) is 13.3. The lowest BCUT2D eigenvalue weighted by atomic mass is 10.0. The van der Waals surface area contributed by atoms with Crippen LogP contribution in [0.4, 0.5) is 0 Å². The highest BCUT2D eigenvalue weighted by Crippen LogP contribution is 2.16. The van der Waals surface area contributed by atoms with Crippen LogP contribution in [0.25, 0.3) is 0 Å². The van der Waals surface area contributed by atoms with Crippen molar-refractivity contribution < 1.29 is 15.0 Å². The molecular formula is C69H117NO3. The number of carbonyl (C=O) groups is 1. The quantitative estimate of drug-likeness (QED) is 0.0420. The molecule has 2 atom stereocenters. The first kappa shape index (κ1) is 69.5. The molecule has 0 spiro atoms. The number of unbranched alkanes of at least 4 members (excludes halogenated alkanes) is 28. The molecule has 0 saturated heterocycles. The molecule has 0 aromatic carbocycles. The van der Waals surface area contributed by atoms with Crippen molar-refractivity contribution in [3.05, 3.63) is 134 Å². The molecule has 3 N–H and O–H groups in total. The smallest absolute Gasteiger partial charge is 0.220 e. The van der Waals surface area contributed by atoms with Gasteiger partial charge >= 0.3 is 0 Å². The average Bonchev–Trinajstić information content (AvgIpc) is 3.40. The Hall–Kier alpha value is -3.47. The van der Waals surface area contributed by atoms with E-state index in [9.17, 15) is 15.0 Å². The van der Waals surface area contributed by atoms with Crippen molar-refractivity contribution in [3.8, 4) is 0 Å². The van der Waals surface area contributed by atoms with Crippen LogP contribution in [0.3, 0.4) is 0 Å². The van der Waals surface area contributed by atoms with E-state index in [4.69, 9.17) is 0 Å². The van der Waals surface area contributed by atoms with Gasteiger partial charge in [0.2, 0.25) is 5.91 Å². The summed E-state index contributed by atoms with van der Waals surface area (Å²) in [6.07, 6.45) is 97.7. The van der Waals surface area contributed by atoms with E-state index in [-0.39, 0.29) is 12.5 Å². The number of aliphatic hydroxyl groups excluding tert-OH is 2. The Balaban J connectivity index is 3.65. The van der Waals surface area contributed by atoms with E-state index in [0.29, 0.717) is 6.42 Å². The summed E-state index contributed by atoms with van der Waals surface area (Å²) in [5.74, 6) is -0.0965. The minimum Gasteiger partial charge on any atom is -0.394 e. The van der Waals surface area contributed by atoms with Crippen molar-refractivity contribution in [2.24, 2.45) is 0 Å². The standard InChI is InChI=1S/C69H117NO3/c1-3-5-7-9-11-13-15-17-19-21-23-25-27-29-31-33-35-37-39-41-43-45-47-49-51-53-55-57-59-61-63-65-69(73)70-67(66-71)68(72)64-62-60-58-56-54-52-50-48-46-44-42-40-38-36-34-32-30-28-26-24-22-20-18-16-14-12-10-8-6-4-2/h5,7,11,13,17,19,23,25,29,31,35,37,41,43,46-49,54,56,62,64,67-68,71-72H,3-4,6,8-10,12,14-16,18,20-22,24,26-28,30,32-34,36,38-40,42,44-45,50-53,55,57-61,63,65-66H2,1-2H3,(H,70,73)/b7-5-,13-11-,19-17-,25-23-,31-29-,37-35-,43-41-,48-46+,49-47-,56-54+,64-62+. The van der Waals surface area contributed by atoms with Gasteiger partial charge in [-0.15, -0.1) is 0 Å². The summed E-state index contributed by atoms with van der Waals surface area (Å²) in [4.78, 5) is 12.5. The Bertz CT molecular complexity index is 1470. The van der Waals surface area contributed by atoms with E-state index < -0.39 is 12.1 Å². The van der Waals surface area contributed by atoms with E-state index >= 15 is 0 Å². The van der Waals surface area contributed by atoms with Gasteiger partial charge in [0.15, 0.2) is 0 Å². The fraction of sp³-hybridized carbons (Fsp3) is 0.667. The Morgan fingerprint density at radius 3 is 0.959 bits per heavy atom. The van der Waals surface area contributed by atoms with Crippen LogP contribution in [-0.2, 0) is 4.79 Å². The number of allylic oxidation sites excluding steroid dienone is 21. The molecule has 4 nitrogen and oxygen atoms in total. The second-order valence-corrected chi connectivity index (χ2v) is 20.4. The van der Waals surface area contributed by atoms with Crippen LogP contribution in [0.15, 0.2) is 134 Å². The molecule has 2 unspecified atom stereocenters. The Labute approximate surface area is 453 Å².